The van der Waals surface area contributed by atoms with Crippen molar-refractivity contribution in [2.24, 2.45) is 17.6 Å². The van der Waals surface area contributed by atoms with Gasteiger partial charge in [0.05, 0.1) is 0 Å². The van der Waals surface area contributed by atoms with Gasteiger partial charge in [-0.25, -0.2) is 0 Å². The zero-order valence-electron chi connectivity index (χ0n) is 14.0. The van der Waals surface area contributed by atoms with E-state index in [-0.39, 0.29) is 36.1 Å². The molecule has 0 bridgehead atoms. The van der Waals surface area contributed by atoms with E-state index in [1.54, 1.807) is 20.2 Å². The van der Waals surface area contributed by atoms with E-state index in [1.165, 1.54) is 4.90 Å². The van der Waals surface area contributed by atoms with Crippen LogP contribution in [0.3, 0.4) is 0 Å². The summed E-state index contributed by atoms with van der Waals surface area (Å²) in [4.78, 5) is 26.1. The van der Waals surface area contributed by atoms with Gasteiger partial charge in [-0.15, -0.1) is 12.4 Å². The maximum Gasteiger partial charge on any atom is 0.253 e. The second kappa shape index (κ2) is 8.31. The number of benzene rings is 1. The van der Waals surface area contributed by atoms with Gasteiger partial charge in [0.25, 0.3) is 5.91 Å². The van der Waals surface area contributed by atoms with Crippen LogP contribution in [0, 0.1) is 18.8 Å². The summed E-state index contributed by atoms with van der Waals surface area (Å²) < 4.78 is 0. The zero-order valence-corrected chi connectivity index (χ0v) is 14.8. The average Bonchev–Trinajstić information content (AvgIpc) is 2.97. The molecule has 0 heterocycles. The predicted molar refractivity (Wildman–Crippen MR) is 95.0 cm³/mol. The molecule has 1 saturated carbocycles. The molecule has 2 rings (SSSR count). The van der Waals surface area contributed by atoms with E-state index in [4.69, 9.17) is 5.73 Å². The Labute approximate surface area is 144 Å². The summed E-state index contributed by atoms with van der Waals surface area (Å²) in [6, 6.07) is 5.45. The first-order valence-electron chi connectivity index (χ1n) is 7.77. The molecule has 128 valence electrons. The van der Waals surface area contributed by atoms with Gasteiger partial charge in [0.15, 0.2) is 0 Å². The molecular weight excluding hydrogens is 314 g/mol. The molecule has 3 N–H and O–H groups in total. The first-order valence-corrected chi connectivity index (χ1v) is 7.77. The van der Waals surface area contributed by atoms with Crippen molar-refractivity contribution in [1.29, 1.82) is 0 Å². The molecular formula is C17H26ClN3O2. The quantitative estimate of drug-likeness (QED) is 0.884. The number of anilines is 1. The number of hydrogen-bond donors (Lipinski definition) is 2. The van der Waals surface area contributed by atoms with Gasteiger partial charge in [0.1, 0.15) is 0 Å². The molecule has 1 fully saturated rings. The van der Waals surface area contributed by atoms with E-state index in [9.17, 15) is 9.59 Å². The number of halogens is 1. The summed E-state index contributed by atoms with van der Waals surface area (Å²) in [5.74, 6) is 0.210. The van der Waals surface area contributed by atoms with Gasteiger partial charge in [0.2, 0.25) is 5.91 Å². The van der Waals surface area contributed by atoms with Gasteiger partial charge in [-0.05, 0) is 49.9 Å². The molecule has 1 aromatic rings. The summed E-state index contributed by atoms with van der Waals surface area (Å²) in [6.45, 7) is 2.44. The highest BCUT2D eigenvalue weighted by Gasteiger charge is 2.32. The largest absolute Gasteiger partial charge is 0.345 e. The number of carbonyl (C=O) groups excluding carboxylic acids is 2. The molecule has 6 heteroatoms. The van der Waals surface area contributed by atoms with Crippen molar-refractivity contribution in [3.05, 3.63) is 29.3 Å². The van der Waals surface area contributed by atoms with Crippen LogP contribution in [0.25, 0.3) is 0 Å². The fourth-order valence-corrected chi connectivity index (χ4v) is 3.07. The smallest absolute Gasteiger partial charge is 0.253 e. The van der Waals surface area contributed by atoms with Gasteiger partial charge < -0.3 is 16.0 Å². The standard InChI is InChI=1S/C17H25N3O2.ClH/c1-11-7-8-13(9-15(11)17(22)20(2)3)19-16(21)14-6-4-5-12(14)10-18;/h7-9,12,14H,4-6,10,18H2,1-3H3,(H,19,21);1H/t12-,14-;/m1./s1. The van der Waals surface area contributed by atoms with Crippen LogP contribution >= 0.6 is 12.4 Å². The van der Waals surface area contributed by atoms with Gasteiger partial charge in [-0.1, -0.05) is 12.5 Å². The van der Waals surface area contributed by atoms with E-state index < -0.39 is 0 Å². The van der Waals surface area contributed by atoms with Crippen LogP contribution in [0.1, 0.15) is 35.2 Å². The lowest BCUT2D eigenvalue weighted by Crippen LogP contribution is -2.30. The highest BCUT2D eigenvalue weighted by Crippen LogP contribution is 2.32. The van der Waals surface area contributed by atoms with Crippen LogP contribution in [0.15, 0.2) is 18.2 Å². The molecule has 0 radical (unpaired) electrons. The maximum atomic E-state index is 12.4. The van der Waals surface area contributed by atoms with Crippen LogP contribution < -0.4 is 11.1 Å². The average molecular weight is 340 g/mol. The molecule has 2 atom stereocenters. The summed E-state index contributed by atoms with van der Waals surface area (Å²) in [5, 5.41) is 2.94. The molecule has 0 aromatic heterocycles. The second-order valence-corrected chi connectivity index (χ2v) is 6.25. The van der Waals surface area contributed by atoms with Crippen LogP contribution in [0.4, 0.5) is 5.69 Å². The van der Waals surface area contributed by atoms with Gasteiger partial charge in [0, 0.05) is 31.3 Å². The first kappa shape index (κ1) is 19.5. The normalized spacial score (nSPS) is 19.8. The molecule has 5 nitrogen and oxygen atoms in total. The van der Waals surface area contributed by atoms with Crippen LogP contribution in [-0.4, -0.2) is 37.4 Å². The Bertz CT molecular complexity index is 575. The topological polar surface area (TPSA) is 75.4 Å². The summed E-state index contributed by atoms with van der Waals surface area (Å²) in [7, 11) is 3.44. The van der Waals surface area contributed by atoms with E-state index in [0.717, 1.165) is 24.8 Å². The number of carbonyl (C=O) groups is 2. The number of aryl methyl sites for hydroxylation is 1. The number of rotatable bonds is 4. The van der Waals surface area contributed by atoms with E-state index in [1.807, 2.05) is 19.1 Å². The Kier molecular flexibility index (Phi) is 7.03. The fourth-order valence-electron chi connectivity index (χ4n) is 3.07. The monoisotopic (exact) mass is 339 g/mol. The predicted octanol–water partition coefficient (Wildman–Crippen LogP) is 2.43. The van der Waals surface area contributed by atoms with Crippen LogP contribution in [-0.2, 0) is 4.79 Å². The van der Waals surface area contributed by atoms with Crippen molar-refractivity contribution in [2.75, 3.05) is 26.0 Å². The number of hydrogen-bond acceptors (Lipinski definition) is 3. The Morgan fingerprint density at radius 1 is 1.30 bits per heavy atom. The van der Waals surface area contributed by atoms with Gasteiger partial charge in [-0.2, -0.15) is 0 Å². The van der Waals surface area contributed by atoms with Crippen molar-refractivity contribution in [3.8, 4) is 0 Å². The van der Waals surface area contributed by atoms with Crippen molar-refractivity contribution in [3.63, 3.8) is 0 Å². The summed E-state index contributed by atoms with van der Waals surface area (Å²) in [5.41, 5.74) is 7.93. The van der Waals surface area contributed by atoms with E-state index >= 15 is 0 Å². The van der Waals surface area contributed by atoms with Crippen LogP contribution in [0.2, 0.25) is 0 Å². The molecule has 1 aliphatic carbocycles. The maximum absolute atomic E-state index is 12.4. The fraction of sp³-hybridized carbons (Fsp3) is 0.529. The third-order valence-electron chi connectivity index (χ3n) is 4.44. The number of nitrogens with one attached hydrogen (secondary N) is 1. The molecule has 0 aliphatic heterocycles. The molecule has 1 aromatic carbocycles. The lowest BCUT2D eigenvalue weighted by molar-refractivity contribution is -0.120. The highest BCUT2D eigenvalue weighted by atomic mass is 35.5. The van der Waals surface area contributed by atoms with Crippen molar-refractivity contribution < 1.29 is 9.59 Å². The second-order valence-electron chi connectivity index (χ2n) is 6.25. The van der Waals surface area contributed by atoms with E-state index in [0.29, 0.717) is 17.8 Å². The minimum Gasteiger partial charge on any atom is -0.345 e. The minimum absolute atomic E-state index is 0. The SMILES string of the molecule is Cc1ccc(NC(=O)[C@@H]2CCC[C@@H]2CN)cc1C(=O)N(C)C.Cl. The molecule has 1 aliphatic rings. The van der Waals surface area contributed by atoms with Crippen molar-refractivity contribution in [1.82, 2.24) is 4.90 Å². The van der Waals surface area contributed by atoms with Crippen molar-refractivity contribution in [2.45, 2.75) is 26.2 Å². The Morgan fingerprint density at radius 3 is 2.61 bits per heavy atom. The molecule has 0 spiro atoms. The molecule has 0 unspecified atom stereocenters. The highest BCUT2D eigenvalue weighted by molar-refractivity contribution is 5.98. The molecule has 23 heavy (non-hydrogen) atoms. The van der Waals surface area contributed by atoms with Gasteiger partial charge >= 0.3 is 0 Å². The Balaban J connectivity index is 0.00000264. The van der Waals surface area contributed by atoms with Gasteiger partial charge in [-0.3, -0.25) is 9.59 Å². The first-order chi connectivity index (χ1) is 10.4. The molecule has 2 amide bonds. The Morgan fingerprint density at radius 2 is 2.00 bits per heavy atom. The number of amides is 2. The molecule has 0 saturated heterocycles. The van der Waals surface area contributed by atoms with E-state index in [2.05, 4.69) is 5.32 Å². The lowest BCUT2D eigenvalue weighted by Gasteiger charge is -2.18. The zero-order chi connectivity index (χ0) is 16.3. The minimum atomic E-state index is -0.0608. The third kappa shape index (κ3) is 4.45. The lowest BCUT2D eigenvalue weighted by atomic mass is 9.95. The van der Waals surface area contributed by atoms with Crippen molar-refractivity contribution >= 4 is 29.9 Å². The number of nitrogens with zero attached hydrogens (tertiary/aromatic N) is 1. The van der Waals surface area contributed by atoms with Crippen LogP contribution in [0.5, 0.6) is 0 Å². The number of nitrogens with two attached hydrogens (primary N) is 1. The summed E-state index contributed by atoms with van der Waals surface area (Å²) in [6.07, 6.45) is 2.97. The summed E-state index contributed by atoms with van der Waals surface area (Å²) >= 11 is 0. The third-order valence-corrected chi connectivity index (χ3v) is 4.44. The Hall–Kier alpha value is -1.59.